The molecule has 90 valence electrons. The van der Waals surface area contributed by atoms with Gasteiger partial charge in [-0.25, -0.2) is 0 Å². The van der Waals surface area contributed by atoms with Crippen molar-refractivity contribution >= 4 is 18.4 Å². The molecule has 3 rings (SSSR count). The lowest BCUT2D eigenvalue weighted by Crippen LogP contribution is -2.43. The Labute approximate surface area is 104 Å². The van der Waals surface area contributed by atoms with Crippen LogP contribution in [0.4, 0.5) is 0 Å². The van der Waals surface area contributed by atoms with Gasteiger partial charge in [-0.05, 0) is 56.8 Å². The molecule has 0 saturated heterocycles. The predicted octanol–water partition coefficient (Wildman–Crippen LogP) is 3.48. The summed E-state index contributed by atoms with van der Waals surface area (Å²) in [4.78, 5) is 12.4. The number of carbonyl (C=O) groups excluding carboxylic acids is 1. The Balaban J connectivity index is 1.77. The molecule has 0 aromatic rings. The molecular weight excluding hydrogens is 216 g/mol. The molecule has 0 aromatic carbocycles. The van der Waals surface area contributed by atoms with Crippen LogP contribution in [0.3, 0.4) is 0 Å². The maximum absolute atomic E-state index is 12.4. The second-order valence-electron chi connectivity index (χ2n) is 6.48. The molecule has 3 aliphatic rings. The van der Waals surface area contributed by atoms with E-state index in [1.54, 1.807) is 0 Å². The average molecular weight is 238 g/mol. The molecule has 3 fully saturated rings. The summed E-state index contributed by atoms with van der Waals surface area (Å²) < 4.78 is -0.329. The van der Waals surface area contributed by atoms with E-state index >= 15 is 0 Å². The minimum Gasteiger partial charge on any atom is -0.298 e. The van der Waals surface area contributed by atoms with Crippen LogP contribution in [-0.4, -0.2) is 10.5 Å². The first-order valence-electron chi connectivity index (χ1n) is 6.84. The van der Waals surface area contributed by atoms with E-state index in [0.29, 0.717) is 11.7 Å². The fourth-order valence-corrected chi connectivity index (χ4v) is 4.84. The van der Waals surface area contributed by atoms with E-state index in [-0.39, 0.29) is 4.75 Å². The van der Waals surface area contributed by atoms with Gasteiger partial charge in [0.05, 0.1) is 4.75 Å². The molecule has 3 saturated carbocycles. The number of hydrogen-bond acceptors (Lipinski definition) is 2. The van der Waals surface area contributed by atoms with E-state index in [2.05, 4.69) is 12.6 Å². The Morgan fingerprint density at radius 3 is 2.69 bits per heavy atom. The van der Waals surface area contributed by atoms with E-state index in [1.807, 2.05) is 6.92 Å². The summed E-state index contributed by atoms with van der Waals surface area (Å²) >= 11 is 4.59. The second-order valence-corrected chi connectivity index (χ2v) is 7.46. The molecule has 1 nitrogen and oxygen atoms in total. The second kappa shape index (κ2) is 3.76. The maximum Gasteiger partial charge on any atom is 0.151 e. The fraction of sp³-hybridized carbons (Fsp3) is 0.929. The third-order valence-corrected chi connectivity index (χ3v) is 5.80. The first kappa shape index (κ1) is 11.1. The lowest BCUT2D eigenvalue weighted by atomic mass is 9.69. The van der Waals surface area contributed by atoms with Gasteiger partial charge in [0.1, 0.15) is 0 Å². The van der Waals surface area contributed by atoms with Crippen LogP contribution in [0.1, 0.15) is 51.9 Å². The molecule has 0 amide bonds. The minimum absolute atomic E-state index is 0.329. The summed E-state index contributed by atoms with van der Waals surface area (Å²) in [6.07, 6.45) is 8.89. The van der Waals surface area contributed by atoms with E-state index in [1.165, 1.54) is 32.1 Å². The summed E-state index contributed by atoms with van der Waals surface area (Å²) in [5.74, 6) is 3.36. The van der Waals surface area contributed by atoms with Crippen LogP contribution < -0.4 is 0 Å². The van der Waals surface area contributed by atoms with E-state index in [9.17, 15) is 4.79 Å². The van der Waals surface area contributed by atoms with Gasteiger partial charge in [0.2, 0.25) is 0 Å². The largest absolute Gasteiger partial charge is 0.298 e. The number of carbonyl (C=O) groups is 1. The summed E-state index contributed by atoms with van der Waals surface area (Å²) in [6, 6.07) is 0. The molecule has 0 radical (unpaired) electrons. The Bertz CT molecular complexity index is 310. The van der Waals surface area contributed by atoms with Crippen LogP contribution in [0.2, 0.25) is 0 Å². The van der Waals surface area contributed by atoms with Gasteiger partial charge in [0.15, 0.2) is 5.78 Å². The van der Waals surface area contributed by atoms with E-state index in [0.717, 1.165) is 30.6 Å². The zero-order valence-corrected chi connectivity index (χ0v) is 11.0. The Hall–Kier alpha value is 0.0200. The van der Waals surface area contributed by atoms with Crippen LogP contribution in [0.5, 0.6) is 0 Å². The van der Waals surface area contributed by atoms with Crippen molar-refractivity contribution in [3.05, 3.63) is 0 Å². The van der Waals surface area contributed by atoms with Crippen molar-refractivity contribution < 1.29 is 4.79 Å². The highest BCUT2D eigenvalue weighted by Crippen LogP contribution is 2.53. The Kier molecular flexibility index (Phi) is 2.62. The lowest BCUT2D eigenvalue weighted by molar-refractivity contribution is -0.129. The highest BCUT2D eigenvalue weighted by Gasteiger charge is 2.49. The summed E-state index contributed by atoms with van der Waals surface area (Å²) in [6.45, 7) is 2.03. The molecule has 0 aromatic heterocycles. The Morgan fingerprint density at radius 2 is 2.06 bits per heavy atom. The normalized spacial score (nSPS) is 52.2. The molecule has 5 atom stereocenters. The zero-order valence-electron chi connectivity index (χ0n) is 10.1. The highest BCUT2D eigenvalue weighted by molar-refractivity contribution is 7.82. The van der Waals surface area contributed by atoms with Crippen LogP contribution in [0.15, 0.2) is 0 Å². The summed E-state index contributed by atoms with van der Waals surface area (Å²) in [5, 5.41) is 0. The monoisotopic (exact) mass is 238 g/mol. The van der Waals surface area contributed by atoms with Crippen LogP contribution in [0.25, 0.3) is 0 Å². The third kappa shape index (κ3) is 1.64. The van der Waals surface area contributed by atoms with Crippen molar-refractivity contribution in [2.24, 2.45) is 23.7 Å². The zero-order chi connectivity index (χ0) is 11.3. The van der Waals surface area contributed by atoms with Crippen molar-refractivity contribution in [3.63, 3.8) is 0 Å². The average Bonchev–Trinajstić information content (AvgIpc) is 2.83. The lowest BCUT2D eigenvalue weighted by Gasteiger charge is -2.38. The van der Waals surface area contributed by atoms with Crippen molar-refractivity contribution in [3.8, 4) is 0 Å². The number of hydrogen-bond donors (Lipinski definition) is 1. The van der Waals surface area contributed by atoms with Gasteiger partial charge < -0.3 is 0 Å². The quantitative estimate of drug-likeness (QED) is 0.692. The molecule has 0 heterocycles. The van der Waals surface area contributed by atoms with E-state index in [4.69, 9.17) is 0 Å². The van der Waals surface area contributed by atoms with Crippen LogP contribution in [0, 0.1) is 23.7 Å². The predicted molar refractivity (Wildman–Crippen MR) is 68.7 cm³/mol. The molecule has 0 N–H and O–H groups in total. The molecule has 3 aliphatic carbocycles. The van der Waals surface area contributed by atoms with Crippen molar-refractivity contribution in [2.45, 2.75) is 56.6 Å². The van der Waals surface area contributed by atoms with Crippen LogP contribution in [-0.2, 0) is 4.79 Å². The minimum atomic E-state index is -0.329. The van der Waals surface area contributed by atoms with Crippen molar-refractivity contribution in [1.29, 1.82) is 0 Å². The number of fused-ring (bicyclic) bond motifs is 2. The topological polar surface area (TPSA) is 17.1 Å². The number of thiol groups is 1. The smallest absolute Gasteiger partial charge is 0.151 e. The number of ketones is 1. The van der Waals surface area contributed by atoms with Gasteiger partial charge in [-0.15, -0.1) is 0 Å². The van der Waals surface area contributed by atoms with Gasteiger partial charge in [-0.1, -0.05) is 12.8 Å². The third-order valence-electron chi connectivity index (χ3n) is 5.36. The number of Topliss-reactive ketones (excluding diaryl/α,β-unsaturated/α-hetero) is 1. The molecule has 16 heavy (non-hydrogen) atoms. The molecule has 2 heteroatoms. The SMILES string of the molecule is CC1(S)CCCC(C2CC3CCC2C3)C1=O. The maximum atomic E-state index is 12.4. The van der Waals surface area contributed by atoms with E-state index < -0.39 is 0 Å². The highest BCUT2D eigenvalue weighted by atomic mass is 32.1. The first-order valence-corrected chi connectivity index (χ1v) is 7.29. The summed E-state index contributed by atoms with van der Waals surface area (Å²) in [5.41, 5.74) is 0. The van der Waals surface area contributed by atoms with Gasteiger partial charge in [-0.3, -0.25) is 4.79 Å². The molecule has 0 aliphatic heterocycles. The van der Waals surface area contributed by atoms with Gasteiger partial charge >= 0.3 is 0 Å². The molecule has 5 unspecified atom stereocenters. The van der Waals surface area contributed by atoms with Gasteiger partial charge in [0, 0.05) is 5.92 Å². The standard InChI is InChI=1S/C14H22OS/c1-14(16)6-2-3-11(13(14)15)12-8-9-4-5-10(12)7-9/h9-12,16H,2-8H2,1H3. The van der Waals surface area contributed by atoms with Crippen LogP contribution >= 0.6 is 12.6 Å². The van der Waals surface area contributed by atoms with Crippen molar-refractivity contribution in [2.75, 3.05) is 0 Å². The number of rotatable bonds is 1. The first-order chi connectivity index (χ1) is 7.58. The molecule has 2 bridgehead atoms. The van der Waals surface area contributed by atoms with Gasteiger partial charge in [0.25, 0.3) is 0 Å². The molecule has 0 spiro atoms. The molecular formula is C14H22OS. The fourth-order valence-electron chi connectivity index (χ4n) is 4.52. The van der Waals surface area contributed by atoms with Gasteiger partial charge in [-0.2, -0.15) is 12.6 Å². The Morgan fingerprint density at radius 1 is 1.25 bits per heavy atom. The van der Waals surface area contributed by atoms with Crippen molar-refractivity contribution in [1.82, 2.24) is 0 Å². The summed E-state index contributed by atoms with van der Waals surface area (Å²) in [7, 11) is 0.